The van der Waals surface area contributed by atoms with Crippen LogP contribution in [0.5, 0.6) is 0 Å². The van der Waals surface area contributed by atoms with Gasteiger partial charge in [0.2, 0.25) is 0 Å². The predicted octanol–water partition coefficient (Wildman–Crippen LogP) is 5.60. The van der Waals surface area contributed by atoms with Gasteiger partial charge < -0.3 is 39.8 Å². The van der Waals surface area contributed by atoms with E-state index in [9.17, 15) is 10.2 Å². The SMILES string of the molecule is CC1CCC2C(=CO1)C([C@@H](C)[C@H](O)OCCNCCNCCO[C@@H](O)[C@H](C)C1CC[C@@H](C)C3CCC(C)OC=C31)CC[C@H]2C. The molecule has 0 radical (unpaired) electrons. The Morgan fingerprint density at radius 2 is 1.05 bits per heavy atom. The summed E-state index contributed by atoms with van der Waals surface area (Å²) in [5, 5.41) is 28.4. The largest absolute Gasteiger partial charge is 0.498 e. The molecule has 0 aromatic rings. The van der Waals surface area contributed by atoms with E-state index in [2.05, 4.69) is 52.2 Å². The molecule has 2 heterocycles. The van der Waals surface area contributed by atoms with E-state index in [1.807, 2.05) is 12.5 Å². The summed E-state index contributed by atoms with van der Waals surface area (Å²) in [5.41, 5.74) is 2.77. The Morgan fingerprint density at radius 1 is 0.636 bits per heavy atom. The standard InChI is InChI=1S/C36H64N2O6/c1-23-7-11-31(33-21-43-25(3)9-13-29(23)33)27(5)35(39)41-19-17-37-15-16-38-18-20-42-36(40)28(6)32-12-8-24(2)30-14-10-26(4)44-22-34(30)32/h21-32,35-40H,7-20H2,1-6H3/t23-,24-,25?,26?,27-,28-,29?,30?,31?,32?,35-,36-/m1/s1. The second kappa shape index (κ2) is 17.7. The minimum atomic E-state index is -0.778. The number of allylic oxidation sites excluding steroid dienone is 2. The lowest BCUT2D eigenvalue weighted by atomic mass is 9.66. The highest BCUT2D eigenvalue weighted by atomic mass is 16.6. The molecule has 4 N–H and O–H groups in total. The fourth-order valence-corrected chi connectivity index (χ4v) is 8.20. The van der Waals surface area contributed by atoms with E-state index < -0.39 is 12.6 Å². The maximum Gasteiger partial charge on any atom is 0.157 e. The summed E-state index contributed by atoms with van der Waals surface area (Å²) in [6, 6.07) is 0. The maximum atomic E-state index is 10.8. The van der Waals surface area contributed by atoms with Crippen LogP contribution in [0, 0.1) is 47.3 Å². The predicted molar refractivity (Wildman–Crippen MR) is 174 cm³/mol. The Kier molecular flexibility index (Phi) is 14.3. The van der Waals surface area contributed by atoms with Gasteiger partial charge in [0.05, 0.1) is 37.9 Å². The first-order chi connectivity index (χ1) is 21.2. The summed E-state index contributed by atoms with van der Waals surface area (Å²) in [4.78, 5) is 0. The highest BCUT2D eigenvalue weighted by Gasteiger charge is 2.40. The molecule has 0 bridgehead atoms. The molecule has 2 fully saturated rings. The Labute approximate surface area is 267 Å². The molecule has 8 nitrogen and oxygen atoms in total. The summed E-state index contributed by atoms with van der Waals surface area (Å²) in [6.07, 6.45) is 12.1. The lowest BCUT2D eigenvalue weighted by molar-refractivity contribution is -0.141. The van der Waals surface area contributed by atoms with Crippen molar-refractivity contribution in [1.82, 2.24) is 10.6 Å². The van der Waals surface area contributed by atoms with Gasteiger partial charge in [-0.15, -0.1) is 0 Å². The molecule has 4 aliphatic rings. The van der Waals surface area contributed by atoms with Crippen LogP contribution < -0.4 is 10.6 Å². The molecule has 6 unspecified atom stereocenters. The first-order valence-electron chi connectivity index (χ1n) is 17.9. The molecule has 4 rings (SSSR count). The monoisotopic (exact) mass is 620 g/mol. The smallest absolute Gasteiger partial charge is 0.157 e. The Morgan fingerprint density at radius 3 is 1.45 bits per heavy atom. The van der Waals surface area contributed by atoms with Crippen LogP contribution in [0.2, 0.25) is 0 Å². The summed E-state index contributed by atoms with van der Waals surface area (Å²) in [6.45, 7) is 17.2. The lowest BCUT2D eigenvalue weighted by Gasteiger charge is -2.40. The highest BCUT2D eigenvalue weighted by Crippen LogP contribution is 2.47. The van der Waals surface area contributed by atoms with Crippen molar-refractivity contribution in [3.05, 3.63) is 23.7 Å². The molecule has 12 atom stereocenters. The van der Waals surface area contributed by atoms with Gasteiger partial charge in [0.15, 0.2) is 12.6 Å². The third kappa shape index (κ3) is 9.68. The molecule has 0 aromatic heterocycles. The molecule has 44 heavy (non-hydrogen) atoms. The Bertz CT molecular complexity index is 841. The first kappa shape index (κ1) is 35.7. The van der Waals surface area contributed by atoms with E-state index in [0.717, 1.165) is 38.8 Å². The van der Waals surface area contributed by atoms with Crippen LogP contribution >= 0.6 is 0 Å². The van der Waals surface area contributed by atoms with Gasteiger partial charge in [0.25, 0.3) is 0 Å². The van der Waals surface area contributed by atoms with Crippen molar-refractivity contribution in [3.8, 4) is 0 Å². The molecule has 0 spiro atoms. The second-order valence-corrected chi connectivity index (χ2v) is 14.6. The minimum absolute atomic E-state index is 0.0389. The van der Waals surface area contributed by atoms with E-state index in [1.165, 1.54) is 36.8 Å². The zero-order valence-corrected chi connectivity index (χ0v) is 28.5. The zero-order valence-electron chi connectivity index (χ0n) is 28.5. The van der Waals surface area contributed by atoms with Gasteiger partial charge in [-0.05, 0) is 112 Å². The Balaban J connectivity index is 1.06. The van der Waals surface area contributed by atoms with Crippen molar-refractivity contribution >= 4 is 0 Å². The van der Waals surface area contributed by atoms with E-state index in [4.69, 9.17) is 18.9 Å². The second-order valence-electron chi connectivity index (χ2n) is 14.6. The van der Waals surface area contributed by atoms with Gasteiger partial charge in [0.1, 0.15) is 0 Å². The first-order valence-corrected chi connectivity index (χ1v) is 17.9. The van der Waals surface area contributed by atoms with Crippen LogP contribution in [0.1, 0.15) is 92.9 Å². The summed E-state index contributed by atoms with van der Waals surface area (Å²) in [5.74, 6) is 3.17. The number of aliphatic hydroxyl groups excluding tert-OH is 2. The number of hydrogen-bond donors (Lipinski definition) is 4. The normalized spacial score (nSPS) is 35.3. The third-order valence-corrected chi connectivity index (χ3v) is 11.4. The number of ether oxygens (including phenoxy) is 4. The van der Waals surface area contributed by atoms with Crippen molar-refractivity contribution in [1.29, 1.82) is 0 Å². The topological polar surface area (TPSA) is 101 Å². The van der Waals surface area contributed by atoms with Gasteiger partial charge in [-0.1, -0.05) is 27.7 Å². The van der Waals surface area contributed by atoms with E-state index in [0.29, 0.717) is 61.8 Å². The molecular formula is C36H64N2O6. The molecule has 0 aromatic carbocycles. The van der Waals surface area contributed by atoms with Crippen LogP contribution in [0.3, 0.4) is 0 Å². The fourth-order valence-electron chi connectivity index (χ4n) is 8.20. The molecule has 0 saturated heterocycles. The molecular weight excluding hydrogens is 556 g/mol. The van der Waals surface area contributed by atoms with Crippen molar-refractivity contribution in [3.63, 3.8) is 0 Å². The van der Waals surface area contributed by atoms with Crippen LogP contribution in [-0.2, 0) is 18.9 Å². The van der Waals surface area contributed by atoms with Gasteiger partial charge in [-0.2, -0.15) is 0 Å². The van der Waals surface area contributed by atoms with Crippen molar-refractivity contribution in [2.75, 3.05) is 39.4 Å². The van der Waals surface area contributed by atoms with E-state index in [1.54, 1.807) is 0 Å². The number of aliphatic hydroxyl groups is 2. The summed E-state index contributed by atoms with van der Waals surface area (Å²) < 4.78 is 23.7. The van der Waals surface area contributed by atoms with E-state index in [-0.39, 0.29) is 24.0 Å². The van der Waals surface area contributed by atoms with Gasteiger partial charge in [0, 0.05) is 38.0 Å². The average Bonchev–Trinajstić information content (AvgIpc) is 3.34. The van der Waals surface area contributed by atoms with Crippen LogP contribution in [0.25, 0.3) is 0 Å². The van der Waals surface area contributed by atoms with Crippen LogP contribution in [-0.4, -0.2) is 74.4 Å². The summed E-state index contributed by atoms with van der Waals surface area (Å²) in [7, 11) is 0. The number of hydrogen-bond acceptors (Lipinski definition) is 8. The molecule has 2 saturated carbocycles. The summed E-state index contributed by atoms with van der Waals surface area (Å²) >= 11 is 0. The highest BCUT2D eigenvalue weighted by molar-refractivity contribution is 5.16. The van der Waals surface area contributed by atoms with Crippen LogP contribution in [0.15, 0.2) is 23.7 Å². The molecule has 2 aliphatic carbocycles. The maximum absolute atomic E-state index is 10.8. The van der Waals surface area contributed by atoms with Gasteiger partial charge >= 0.3 is 0 Å². The third-order valence-electron chi connectivity index (χ3n) is 11.4. The Hall–Kier alpha value is -1.16. The molecule has 254 valence electrons. The lowest BCUT2D eigenvalue weighted by Crippen LogP contribution is -2.37. The molecule has 8 heteroatoms. The van der Waals surface area contributed by atoms with Crippen molar-refractivity contribution in [2.24, 2.45) is 47.3 Å². The van der Waals surface area contributed by atoms with E-state index >= 15 is 0 Å². The average molecular weight is 621 g/mol. The molecule has 0 amide bonds. The minimum Gasteiger partial charge on any atom is -0.498 e. The number of rotatable bonds is 15. The zero-order chi connectivity index (χ0) is 31.6. The van der Waals surface area contributed by atoms with Gasteiger partial charge in [-0.3, -0.25) is 0 Å². The van der Waals surface area contributed by atoms with Crippen LogP contribution in [0.4, 0.5) is 0 Å². The molecule has 2 aliphatic heterocycles. The number of fused-ring (bicyclic) bond motifs is 2. The fraction of sp³-hybridized carbons (Fsp3) is 0.889. The van der Waals surface area contributed by atoms with Crippen molar-refractivity contribution < 1.29 is 29.2 Å². The quantitative estimate of drug-likeness (QED) is 0.139. The van der Waals surface area contributed by atoms with Gasteiger partial charge in [-0.25, -0.2) is 0 Å². The number of nitrogens with one attached hydrogen (secondary N) is 2. The van der Waals surface area contributed by atoms with Crippen molar-refractivity contribution in [2.45, 2.75) is 118 Å².